The number of carbonyl (C=O) groups excluding carboxylic acids is 1. The molecule has 0 spiro atoms. The highest BCUT2D eigenvalue weighted by atomic mass is 35.5. The van der Waals surface area contributed by atoms with Gasteiger partial charge < -0.3 is 9.47 Å². The Morgan fingerprint density at radius 1 is 1.17 bits per heavy atom. The second-order valence-electron chi connectivity index (χ2n) is 7.74. The molecule has 1 aliphatic carbocycles. The average Bonchev–Trinajstić information content (AvgIpc) is 2.67. The molecule has 152 valence electrons. The van der Waals surface area contributed by atoms with E-state index in [4.69, 9.17) is 21.1 Å². The van der Waals surface area contributed by atoms with Gasteiger partial charge in [-0.3, -0.25) is 0 Å². The highest BCUT2D eigenvalue weighted by Crippen LogP contribution is 2.45. The summed E-state index contributed by atoms with van der Waals surface area (Å²) in [5, 5.41) is 2.29. The van der Waals surface area contributed by atoms with Gasteiger partial charge in [-0.15, -0.1) is 0 Å². The molecule has 0 saturated heterocycles. The summed E-state index contributed by atoms with van der Waals surface area (Å²) < 4.78 is 11.6. The van der Waals surface area contributed by atoms with Gasteiger partial charge in [-0.25, -0.2) is 4.79 Å². The first kappa shape index (κ1) is 21.2. The molecule has 0 aliphatic heterocycles. The van der Waals surface area contributed by atoms with Gasteiger partial charge in [0.2, 0.25) is 0 Å². The van der Waals surface area contributed by atoms with Crippen LogP contribution in [0.4, 0.5) is 0 Å². The first-order chi connectivity index (χ1) is 13.8. The molecule has 0 N–H and O–H groups in total. The van der Waals surface area contributed by atoms with Crippen LogP contribution in [-0.4, -0.2) is 13.1 Å². The third-order valence-electron chi connectivity index (χ3n) is 5.15. The maximum Gasteiger partial charge on any atom is 0.338 e. The van der Waals surface area contributed by atoms with Gasteiger partial charge in [-0.05, 0) is 64.7 Å². The fourth-order valence-corrected chi connectivity index (χ4v) is 3.89. The summed E-state index contributed by atoms with van der Waals surface area (Å²) in [6, 6.07) is 5.56. The molecule has 0 heterocycles. The molecule has 3 rings (SSSR count). The topological polar surface area (TPSA) is 35.5 Å². The van der Waals surface area contributed by atoms with E-state index in [-0.39, 0.29) is 0 Å². The number of fused-ring (bicyclic) bond motifs is 2. The van der Waals surface area contributed by atoms with Gasteiger partial charge >= 0.3 is 5.97 Å². The number of halogens is 1. The zero-order valence-electron chi connectivity index (χ0n) is 17.5. The van der Waals surface area contributed by atoms with Crippen molar-refractivity contribution in [2.24, 2.45) is 0 Å². The van der Waals surface area contributed by atoms with Crippen LogP contribution in [-0.2, 0) is 17.6 Å². The summed E-state index contributed by atoms with van der Waals surface area (Å²) in [6.07, 6.45) is 7.98. The lowest BCUT2D eigenvalue weighted by Crippen LogP contribution is -2.14. The molecule has 0 bridgehead atoms. The zero-order valence-corrected chi connectivity index (χ0v) is 18.3. The summed E-state index contributed by atoms with van der Waals surface area (Å²) in [4.78, 5) is 12.4. The van der Waals surface area contributed by atoms with Crippen LogP contribution in [0.1, 0.15) is 44.7 Å². The number of rotatable bonds is 6. The molecular weight excluding hydrogens is 384 g/mol. The second kappa shape index (κ2) is 8.87. The monoisotopic (exact) mass is 410 g/mol. The molecule has 0 amide bonds. The molecule has 0 unspecified atom stereocenters. The first-order valence-corrected chi connectivity index (χ1v) is 10.2. The zero-order chi connectivity index (χ0) is 21.1. The van der Waals surface area contributed by atoms with Gasteiger partial charge in [0, 0.05) is 32.5 Å². The van der Waals surface area contributed by atoms with Crippen LogP contribution in [0.2, 0.25) is 5.02 Å². The fourth-order valence-electron chi connectivity index (χ4n) is 3.72. The van der Waals surface area contributed by atoms with Crippen molar-refractivity contribution in [2.75, 3.05) is 7.11 Å². The Morgan fingerprint density at radius 2 is 1.93 bits per heavy atom. The van der Waals surface area contributed by atoms with Crippen molar-refractivity contribution in [1.29, 1.82) is 0 Å². The molecule has 0 aromatic heterocycles. The standard InChI is InChI=1S/C25H27ClO3/c1-15(2)7-6-8-17-9-11-19-21(13-17)24(29-25(27)16(3)4)20-12-10-18(26)14-22(20)23(19)28-5/h7,9-10,12,14H,3,6,8,11,13H2,1-2,4-5H3. The van der Waals surface area contributed by atoms with E-state index in [9.17, 15) is 4.79 Å². The number of carbonyl (C=O) groups is 1. The molecule has 4 heteroatoms. The second-order valence-corrected chi connectivity index (χ2v) is 8.18. The Hall–Kier alpha value is -2.52. The summed E-state index contributed by atoms with van der Waals surface area (Å²) in [5.74, 6) is 0.967. The van der Waals surface area contributed by atoms with Crippen molar-refractivity contribution < 1.29 is 14.3 Å². The summed E-state index contributed by atoms with van der Waals surface area (Å²) in [5.41, 5.74) is 5.10. The summed E-state index contributed by atoms with van der Waals surface area (Å²) >= 11 is 6.25. The third kappa shape index (κ3) is 4.56. The summed E-state index contributed by atoms with van der Waals surface area (Å²) in [6.45, 7) is 9.61. The van der Waals surface area contributed by atoms with Crippen LogP contribution >= 0.6 is 11.6 Å². The number of esters is 1. The van der Waals surface area contributed by atoms with Crippen LogP contribution in [0, 0.1) is 0 Å². The quantitative estimate of drug-likeness (QED) is 0.228. The minimum atomic E-state index is -0.422. The van der Waals surface area contributed by atoms with Gasteiger partial charge in [0.1, 0.15) is 11.5 Å². The van der Waals surface area contributed by atoms with Gasteiger partial charge in [-0.2, -0.15) is 0 Å². The van der Waals surface area contributed by atoms with E-state index in [0.29, 0.717) is 16.3 Å². The number of benzene rings is 2. The number of hydrogen-bond acceptors (Lipinski definition) is 3. The minimum absolute atomic E-state index is 0.367. The maximum absolute atomic E-state index is 12.4. The van der Waals surface area contributed by atoms with E-state index in [0.717, 1.165) is 53.3 Å². The lowest BCUT2D eigenvalue weighted by molar-refractivity contribution is -0.130. The van der Waals surface area contributed by atoms with Crippen molar-refractivity contribution in [3.05, 3.63) is 69.8 Å². The smallest absolute Gasteiger partial charge is 0.338 e. The van der Waals surface area contributed by atoms with Crippen molar-refractivity contribution in [1.82, 2.24) is 0 Å². The van der Waals surface area contributed by atoms with E-state index in [1.807, 2.05) is 18.2 Å². The average molecular weight is 411 g/mol. The normalized spacial score (nSPS) is 12.8. The Balaban J connectivity index is 2.13. The van der Waals surface area contributed by atoms with Gasteiger partial charge in [0.25, 0.3) is 0 Å². The third-order valence-corrected chi connectivity index (χ3v) is 5.38. The first-order valence-electron chi connectivity index (χ1n) is 9.81. The molecule has 0 saturated carbocycles. The number of methoxy groups -OCH3 is 1. The van der Waals surface area contributed by atoms with E-state index in [2.05, 4.69) is 32.6 Å². The van der Waals surface area contributed by atoms with Crippen molar-refractivity contribution in [3.63, 3.8) is 0 Å². The van der Waals surface area contributed by atoms with Crippen molar-refractivity contribution >= 4 is 28.3 Å². The molecule has 2 aromatic rings. The number of ether oxygens (including phenoxy) is 2. The molecule has 0 fully saturated rings. The number of allylic oxidation sites excluding steroid dienone is 4. The van der Waals surface area contributed by atoms with E-state index in [1.165, 1.54) is 11.1 Å². The van der Waals surface area contributed by atoms with Crippen LogP contribution in [0.3, 0.4) is 0 Å². The molecule has 3 nitrogen and oxygen atoms in total. The lowest BCUT2D eigenvalue weighted by atomic mass is 9.85. The predicted molar refractivity (Wildman–Crippen MR) is 120 cm³/mol. The minimum Gasteiger partial charge on any atom is -0.496 e. The molecule has 0 atom stereocenters. The highest BCUT2D eigenvalue weighted by molar-refractivity contribution is 6.31. The van der Waals surface area contributed by atoms with Gasteiger partial charge in [0.15, 0.2) is 0 Å². The highest BCUT2D eigenvalue weighted by Gasteiger charge is 2.25. The molecule has 1 aliphatic rings. The SMILES string of the molecule is C=C(C)C(=O)Oc1c2c(c(OC)c3cc(Cl)ccc13)CC=C(CCC=C(C)C)C2. The van der Waals surface area contributed by atoms with E-state index < -0.39 is 5.97 Å². The molecular formula is C25H27ClO3. The maximum atomic E-state index is 12.4. The Morgan fingerprint density at radius 3 is 2.59 bits per heavy atom. The molecule has 2 aromatic carbocycles. The van der Waals surface area contributed by atoms with E-state index in [1.54, 1.807) is 14.0 Å². The summed E-state index contributed by atoms with van der Waals surface area (Å²) in [7, 11) is 1.67. The Bertz CT molecular complexity index is 1040. The molecule has 0 radical (unpaired) electrons. The van der Waals surface area contributed by atoms with Gasteiger partial charge in [-0.1, -0.05) is 41.5 Å². The fraction of sp³-hybridized carbons (Fsp3) is 0.320. The van der Waals surface area contributed by atoms with Gasteiger partial charge in [0.05, 0.1) is 7.11 Å². The van der Waals surface area contributed by atoms with Crippen molar-refractivity contribution in [2.45, 2.75) is 46.5 Å². The molecule has 29 heavy (non-hydrogen) atoms. The Kier molecular flexibility index (Phi) is 6.49. The van der Waals surface area contributed by atoms with E-state index >= 15 is 0 Å². The van der Waals surface area contributed by atoms with Crippen LogP contribution < -0.4 is 9.47 Å². The van der Waals surface area contributed by atoms with Crippen molar-refractivity contribution in [3.8, 4) is 11.5 Å². The number of hydrogen-bond donors (Lipinski definition) is 0. The largest absolute Gasteiger partial charge is 0.496 e. The van der Waals surface area contributed by atoms with Crippen LogP contribution in [0.5, 0.6) is 11.5 Å². The predicted octanol–water partition coefficient (Wildman–Crippen LogP) is 6.75. The van der Waals surface area contributed by atoms with Crippen LogP contribution in [0.25, 0.3) is 10.8 Å². The Labute approximate surface area is 177 Å². The van der Waals surface area contributed by atoms with Crippen LogP contribution in [0.15, 0.2) is 53.6 Å². The lowest BCUT2D eigenvalue weighted by Gasteiger charge is -2.24.